The minimum atomic E-state index is 0.278. The average Bonchev–Trinajstić information content (AvgIpc) is 2.81. The number of aromatic nitrogens is 1. The maximum atomic E-state index is 11.1. The molecular formula is C26H26ClN3O2. The van der Waals surface area contributed by atoms with Crippen molar-refractivity contribution < 1.29 is 10.3 Å². The van der Waals surface area contributed by atoms with Gasteiger partial charge in [-0.15, -0.1) is 0 Å². The second kappa shape index (κ2) is 9.47. The van der Waals surface area contributed by atoms with E-state index in [0.29, 0.717) is 22.4 Å². The summed E-state index contributed by atoms with van der Waals surface area (Å²) < 4.78 is 1.04. The molecule has 2 N–H and O–H groups in total. The Kier molecular flexibility index (Phi) is 6.49. The van der Waals surface area contributed by atoms with Gasteiger partial charge in [-0.3, -0.25) is 4.90 Å². The number of phenolic OH excluding ortho intramolecular Hbond substituents is 1. The Morgan fingerprint density at radius 2 is 1.72 bits per heavy atom. The predicted octanol–water partition coefficient (Wildman–Crippen LogP) is 5.98. The molecule has 32 heavy (non-hydrogen) atoms. The van der Waals surface area contributed by atoms with E-state index in [0.717, 1.165) is 45.6 Å². The van der Waals surface area contributed by atoms with E-state index in [1.54, 1.807) is 24.4 Å². The lowest BCUT2D eigenvalue weighted by Crippen LogP contribution is -2.22. The minimum Gasteiger partial charge on any atom is -0.507 e. The number of hydrogen-bond acceptors (Lipinski definition) is 4. The van der Waals surface area contributed by atoms with Gasteiger partial charge in [-0.1, -0.05) is 55.8 Å². The van der Waals surface area contributed by atoms with E-state index in [-0.39, 0.29) is 5.75 Å². The van der Waals surface area contributed by atoms with Crippen molar-refractivity contribution in [3.8, 4) is 16.9 Å². The molecule has 0 atom stereocenters. The summed E-state index contributed by atoms with van der Waals surface area (Å²) in [5.74, 6) is 0.278. The number of pyridine rings is 1. The van der Waals surface area contributed by atoms with Gasteiger partial charge in [0.15, 0.2) is 0 Å². The summed E-state index contributed by atoms with van der Waals surface area (Å²) in [4.78, 5) is 7.14. The van der Waals surface area contributed by atoms with Crippen molar-refractivity contribution in [2.24, 2.45) is 4.99 Å². The molecule has 4 aromatic rings. The van der Waals surface area contributed by atoms with Crippen LogP contribution in [-0.4, -0.2) is 33.0 Å². The lowest BCUT2D eigenvalue weighted by Gasteiger charge is -2.20. The van der Waals surface area contributed by atoms with E-state index >= 15 is 0 Å². The highest BCUT2D eigenvalue weighted by atomic mass is 35.5. The van der Waals surface area contributed by atoms with Crippen molar-refractivity contribution in [2.45, 2.75) is 20.4 Å². The highest BCUT2D eigenvalue weighted by Gasteiger charge is 2.14. The Morgan fingerprint density at radius 1 is 0.969 bits per heavy atom. The van der Waals surface area contributed by atoms with Gasteiger partial charge in [0.25, 0.3) is 0 Å². The molecule has 0 radical (unpaired) electrons. The zero-order valence-electron chi connectivity index (χ0n) is 18.2. The van der Waals surface area contributed by atoms with Crippen LogP contribution >= 0.6 is 11.6 Å². The van der Waals surface area contributed by atoms with Crippen LogP contribution in [0.15, 0.2) is 77.9 Å². The number of halogens is 1. The molecule has 0 saturated carbocycles. The number of nitrogens with zero attached hydrogens (tertiary/aromatic N) is 3. The zero-order chi connectivity index (χ0) is 22.7. The van der Waals surface area contributed by atoms with Crippen molar-refractivity contribution in [1.29, 1.82) is 0 Å². The van der Waals surface area contributed by atoms with Gasteiger partial charge >= 0.3 is 0 Å². The maximum Gasteiger partial charge on any atom is 0.128 e. The summed E-state index contributed by atoms with van der Waals surface area (Å²) in [5.41, 5.74) is 3.81. The fraction of sp³-hybridized carbons (Fsp3) is 0.192. The number of rotatable bonds is 6. The highest BCUT2D eigenvalue weighted by Crippen LogP contribution is 2.37. The largest absolute Gasteiger partial charge is 0.507 e. The van der Waals surface area contributed by atoms with Gasteiger partial charge in [0.1, 0.15) is 5.75 Å². The number of benzene rings is 3. The highest BCUT2D eigenvalue weighted by molar-refractivity contribution is 6.31. The normalized spacial score (nSPS) is 12.1. The van der Waals surface area contributed by atoms with Gasteiger partial charge in [-0.25, -0.2) is 4.99 Å². The third kappa shape index (κ3) is 4.49. The Morgan fingerprint density at radius 3 is 2.44 bits per heavy atom. The number of phenols is 1. The van der Waals surface area contributed by atoms with Crippen LogP contribution in [0, 0.1) is 0 Å². The molecule has 3 aromatic carbocycles. The molecule has 0 fully saturated rings. The molecule has 164 valence electrons. The molecule has 0 amide bonds. The van der Waals surface area contributed by atoms with E-state index < -0.39 is 0 Å². The molecule has 1 heterocycles. The summed E-state index contributed by atoms with van der Waals surface area (Å²) in [5, 5.41) is 23.3. The monoisotopic (exact) mass is 447 g/mol. The van der Waals surface area contributed by atoms with Crippen LogP contribution in [0.25, 0.3) is 22.0 Å². The van der Waals surface area contributed by atoms with Gasteiger partial charge in [-0.05, 0) is 55.1 Å². The summed E-state index contributed by atoms with van der Waals surface area (Å²) in [7, 11) is 0. The SMILES string of the molecule is CCN(CC)Cc1cc(N=c2ccn(O)c3cc(Cl)ccc23)cc(-c2ccccc2)c1O. The Balaban J connectivity index is 1.93. The molecule has 0 aliphatic heterocycles. The number of aromatic hydroxyl groups is 1. The van der Waals surface area contributed by atoms with Gasteiger partial charge in [0.05, 0.1) is 16.6 Å². The zero-order valence-corrected chi connectivity index (χ0v) is 18.9. The van der Waals surface area contributed by atoms with Crippen molar-refractivity contribution in [3.05, 3.63) is 88.9 Å². The standard InChI is InChI=1S/C26H26ClN3O2/c1-3-29(4-2)17-19-14-21(16-23(26(19)31)18-8-6-5-7-9-18)28-24-12-13-30(32)25-15-20(27)10-11-22(24)25/h5-16,31-32H,3-4,17H2,1-2H3. The van der Waals surface area contributed by atoms with Crippen molar-refractivity contribution >= 4 is 28.2 Å². The smallest absolute Gasteiger partial charge is 0.128 e. The molecule has 0 aliphatic carbocycles. The molecule has 0 spiro atoms. The van der Waals surface area contributed by atoms with Crippen LogP contribution in [0.3, 0.4) is 0 Å². The lowest BCUT2D eigenvalue weighted by atomic mass is 10.00. The third-order valence-electron chi connectivity index (χ3n) is 5.65. The van der Waals surface area contributed by atoms with E-state index in [4.69, 9.17) is 16.6 Å². The molecule has 0 aliphatic rings. The van der Waals surface area contributed by atoms with Crippen LogP contribution in [0.4, 0.5) is 5.69 Å². The topological polar surface area (TPSA) is 61.0 Å². The van der Waals surface area contributed by atoms with Crippen LogP contribution in [0.1, 0.15) is 19.4 Å². The van der Waals surface area contributed by atoms with Gasteiger partial charge in [0.2, 0.25) is 0 Å². The first-order valence-corrected chi connectivity index (χ1v) is 11.1. The molecule has 4 rings (SSSR count). The van der Waals surface area contributed by atoms with Crippen LogP contribution in [0.5, 0.6) is 5.75 Å². The van der Waals surface area contributed by atoms with Crippen molar-refractivity contribution in [1.82, 2.24) is 9.63 Å². The first-order chi connectivity index (χ1) is 15.5. The van der Waals surface area contributed by atoms with Gasteiger partial charge < -0.3 is 10.3 Å². The van der Waals surface area contributed by atoms with E-state index in [1.165, 1.54) is 0 Å². The summed E-state index contributed by atoms with van der Waals surface area (Å²) in [6, 6.07) is 20.7. The predicted molar refractivity (Wildman–Crippen MR) is 130 cm³/mol. The van der Waals surface area contributed by atoms with Crippen molar-refractivity contribution in [3.63, 3.8) is 0 Å². The van der Waals surface area contributed by atoms with Gasteiger partial charge in [0, 0.05) is 34.3 Å². The molecular weight excluding hydrogens is 422 g/mol. The molecule has 0 unspecified atom stereocenters. The van der Waals surface area contributed by atoms with E-state index in [9.17, 15) is 10.3 Å². The first kappa shape index (κ1) is 21.9. The van der Waals surface area contributed by atoms with E-state index in [1.807, 2.05) is 48.5 Å². The Labute approximate surface area is 192 Å². The number of hydrogen-bond donors (Lipinski definition) is 2. The Hall–Kier alpha value is -3.28. The summed E-state index contributed by atoms with van der Waals surface area (Å²) in [6.07, 6.45) is 1.55. The third-order valence-corrected chi connectivity index (χ3v) is 5.89. The fourth-order valence-corrected chi connectivity index (χ4v) is 4.01. The quantitative estimate of drug-likeness (QED) is 0.357. The molecule has 5 nitrogen and oxygen atoms in total. The summed E-state index contributed by atoms with van der Waals surface area (Å²) >= 11 is 6.12. The average molecular weight is 448 g/mol. The first-order valence-electron chi connectivity index (χ1n) is 10.7. The molecule has 0 bridgehead atoms. The summed E-state index contributed by atoms with van der Waals surface area (Å²) in [6.45, 7) is 6.62. The maximum absolute atomic E-state index is 11.1. The number of fused-ring (bicyclic) bond motifs is 1. The van der Waals surface area contributed by atoms with Crippen molar-refractivity contribution in [2.75, 3.05) is 13.1 Å². The lowest BCUT2D eigenvalue weighted by molar-refractivity contribution is 0.198. The van der Waals surface area contributed by atoms with Crippen LogP contribution in [0.2, 0.25) is 5.02 Å². The molecule has 6 heteroatoms. The van der Waals surface area contributed by atoms with Crippen LogP contribution in [-0.2, 0) is 6.54 Å². The molecule has 0 saturated heterocycles. The van der Waals surface area contributed by atoms with E-state index in [2.05, 4.69) is 18.7 Å². The Bertz CT molecular complexity index is 1310. The van der Waals surface area contributed by atoms with Gasteiger partial charge in [-0.2, -0.15) is 4.73 Å². The minimum absolute atomic E-state index is 0.278. The van der Waals surface area contributed by atoms with Crippen LogP contribution < -0.4 is 5.36 Å². The molecule has 1 aromatic heterocycles. The second-order valence-corrected chi connectivity index (χ2v) is 8.08. The second-order valence-electron chi connectivity index (χ2n) is 7.65. The fourth-order valence-electron chi connectivity index (χ4n) is 3.85.